The summed E-state index contributed by atoms with van der Waals surface area (Å²) in [5.74, 6) is 0.281. The molecule has 136 valence electrons. The number of allylic oxidation sites excluding steroid dienone is 1. The maximum absolute atomic E-state index is 9.09. The van der Waals surface area contributed by atoms with E-state index in [0.717, 1.165) is 0 Å². The molecule has 3 rings (SSSR count). The van der Waals surface area contributed by atoms with Crippen molar-refractivity contribution in [3.05, 3.63) is 76.8 Å². The molecule has 0 spiro atoms. The second-order valence-electron chi connectivity index (χ2n) is 5.63. The predicted molar refractivity (Wildman–Crippen MR) is 110 cm³/mol. The highest BCUT2D eigenvalue weighted by Crippen LogP contribution is 2.26. The Labute approximate surface area is 172 Å². The van der Waals surface area contributed by atoms with E-state index in [2.05, 4.69) is 20.6 Å². The largest absolute Gasteiger partial charge is 0.340 e. The van der Waals surface area contributed by atoms with E-state index in [4.69, 9.17) is 18.7 Å². The number of aromatic nitrogens is 2. The molecule has 0 amide bonds. The molecule has 2 aromatic carbocycles. The molecule has 2 N–H and O–H groups in total. The third-order valence-electron chi connectivity index (χ3n) is 3.60. The van der Waals surface area contributed by atoms with Gasteiger partial charge in [0.05, 0.1) is 25.9 Å². The van der Waals surface area contributed by atoms with Gasteiger partial charge in [0, 0.05) is 23.6 Å². The summed E-state index contributed by atoms with van der Waals surface area (Å²) in [6.45, 7) is 3.42. The van der Waals surface area contributed by atoms with Crippen LogP contribution in [0.2, 0.25) is 0 Å². The summed E-state index contributed by atoms with van der Waals surface area (Å²) in [6.07, 6.45) is 4.06. The summed E-state index contributed by atoms with van der Waals surface area (Å²) in [5, 5.41) is 23.6. The van der Waals surface area contributed by atoms with Gasteiger partial charge in [-0.1, -0.05) is 0 Å². The Bertz CT molecular complexity index is 1360. The number of rotatable bonds is 5. The normalized spacial score (nSPS) is 13.3. The number of nitrogens with zero attached hydrogens (tertiary/aromatic N) is 4. The molecule has 0 atom stereocenters. The molecule has 6 nitrogen and oxygen atoms in total. The summed E-state index contributed by atoms with van der Waals surface area (Å²) >= 11 is 0. The number of hydrogen-bond donors (Lipinski definition) is 2. The van der Waals surface area contributed by atoms with Gasteiger partial charge in [0.15, 0.2) is 0 Å². The standard InChI is InChI=1S/C22H18N6/c1-15-12-18(4-3-10-23)13-16(2)21(15)27-20-9-11-25-22(28-20)26-19-7-5-17(14-24)6-8-19/h3-9,11-13H,1-2H3,(H2,25,26,27,28)/b4-3+/i5D,6D,7D,8D,12D,13D. The van der Waals surface area contributed by atoms with Crippen molar-refractivity contribution in [3.8, 4) is 12.1 Å². The summed E-state index contributed by atoms with van der Waals surface area (Å²) in [7, 11) is 0. The van der Waals surface area contributed by atoms with E-state index >= 15 is 0 Å². The van der Waals surface area contributed by atoms with Crippen LogP contribution in [-0.4, -0.2) is 9.97 Å². The average Bonchev–Trinajstić information content (AvgIpc) is 2.83. The van der Waals surface area contributed by atoms with Gasteiger partial charge >= 0.3 is 0 Å². The number of benzene rings is 2. The Kier molecular flexibility index (Phi) is 3.72. The summed E-state index contributed by atoms with van der Waals surface area (Å²) in [4.78, 5) is 8.35. The lowest BCUT2D eigenvalue weighted by Gasteiger charge is -2.14. The fourth-order valence-corrected chi connectivity index (χ4v) is 2.39. The molecular weight excluding hydrogens is 348 g/mol. The van der Waals surface area contributed by atoms with Crippen LogP contribution in [0, 0.1) is 36.5 Å². The topological polar surface area (TPSA) is 97.4 Å². The van der Waals surface area contributed by atoms with Crippen LogP contribution < -0.4 is 10.6 Å². The monoisotopic (exact) mass is 372 g/mol. The van der Waals surface area contributed by atoms with Gasteiger partial charge in [-0.05, 0) is 78.9 Å². The van der Waals surface area contributed by atoms with E-state index < -0.39 is 24.2 Å². The zero-order chi connectivity index (χ0) is 25.2. The molecule has 1 heterocycles. The average molecular weight is 372 g/mol. The Balaban J connectivity index is 2.00. The van der Waals surface area contributed by atoms with E-state index in [1.807, 2.05) is 6.07 Å². The van der Waals surface area contributed by atoms with Crippen molar-refractivity contribution < 1.29 is 8.22 Å². The van der Waals surface area contributed by atoms with Gasteiger partial charge in [-0.3, -0.25) is 0 Å². The van der Waals surface area contributed by atoms with Crippen molar-refractivity contribution >= 4 is 29.2 Å². The van der Waals surface area contributed by atoms with E-state index in [9.17, 15) is 0 Å². The third kappa shape index (κ3) is 4.51. The Morgan fingerprint density at radius 1 is 1.07 bits per heavy atom. The molecule has 0 saturated carbocycles. The van der Waals surface area contributed by atoms with Crippen molar-refractivity contribution in [3.63, 3.8) is 0 Å². The van der Waals surface area contributed by atoms with Crippen LogP contribution in [0.3, 0.4) is 0 Å². The SMILES string of the molecule is [2H]c1c([2H])c(Nc2nccc(Nc3c(C)c([2H])c(/C=C/C#N)c([2H])c3C)n2)c([2H])c([2H])c1C#N. The zero-order valence-electron chi connectivity index (χ0n) is 21.1. The summed E-state index contributed by atoms with van der Waals surface area (Å²) in [6, 6.07) is 3.48. The van der Waals surface area contributed by atoms with Gasteiger partial charge in [-0.2, -0.15) is 15.5 Å². The lowest BCUT2D eigenvalue weighted by Crippen LogP contribution is -2.02. The molecule has 3 aromatic rings. The molecular formula is C22H18N6. The van der Waals surface area contributed by atoms with Crippen molar-refractivity contribution in [2.24, 2.45) is 0 Å². The first-order valence-electron chi connectivity index (χ1n) is 11.2. The predicted octanol–water partition coefficient (Wildman–Crippen LogP) is 4.99. The first-order chi connectivity index (χ1) is 16.1. The van der Waals surface area contributed by atoms with Crippen molar-refractivity contribution in [2.75, 3.05) is 10.6 Å². The lowest BCUT2D eigenvalue weighted by atomic mass is 10.0. The van der Waals surface area contributed by atoms with Crippen LogP contribution in [0.25, 0.3) is 6.08 Å². The molecule has 0 aliphatic rings. The van der Waals surface area contributed by atoms with Gasteiger partial charge < -0.3 is 10.6 Å². The van der Waals surface area contributed by atoms with E-state index in [1.165, 1.54) is 18.3 Å². The third-order valence-corrected chi connectivity index (χ3v) is 3.60. The van der Waals surface area contributed by atoms with Crippen LogP contribution in [0.5, 0.6) is 0 Å². The minimum atomic E-state index is -0.469. The molecule has 0 fully saturated rings. The van der Waals surface area contributed by atoms with Crippen LogP contribution in [-0.2, 0) is 0 Å². The maximum atomic E-state index is 9.09. The fraction of sp³-hybridized carbons (Fsp3) is 0.0909. The molecule has 1 aromatic heterocycles. The first-order valence-corrected chi connectivity index (χ1v) is 8.16. The van der Waals surface area contributed by atoms with Gasteiger partial charge in [-0.25, -0.2) is 4.98 Å². The van der Waals surface area contributed by atoms with Gasteiger partial charge in [0.1, 0.15) is 5.82 Å². The lowest BCUT2D eigenvalue weighted by molar-refractivity contribution is 1.16. The van der Waals surface area contributed by atoms with E-state index in [1.54, 1.807) is 26.0 Å². The Morgan fingerprint density at radius 2 is 1.79 bits per heavy atom. The molecule has 0 unspecified atom stereocenters. The Morgan fingerprint density at radius 3 is 2.43 bits per heavy atom. The fourth-order valence-electron chi connectivity index (χ4n) is 2.39. The quantitative estimate of drug-likeness (QED) is 0.612. The summed E-state index contributed by atoms with van der Waals surface area (Å²) < 4.78 is 48.7. The molecule has 0 bridgehead atoms. The van der Waals surface area contributed by atoms with Gasteiger partial charge in [0.25, 0.3) is 0 Å². The van der Waals surface area contributed by atoms with E-state index in [-0.39, 0.29) is 29.3 Å². The molecule has 6 heteroatoms. The molecule has 0 saturated heterocycles. The van der Waals surface area contributed by atoms with Crippen LogP contribution in [0.1, 0.15) is 30.5 Å². The minimum absolute atomic E-state index is 0.0171. The second kappa shape index (κ2) is 8.48. The van der Waals surface area contributed by atoms with Gasteiger partial charge in [0.2, 0.25) is 5.95 Å². The van der Waals surface area contributed by atoms with Gasteiger partial charge in [-0.15, -0.1) is 0 Å². The highest BCUT2D eigenvalue weighted by molar-refractivity contribution is 5.69. The van der Waals surface area contributed by atoms with Crippen LogP contribution in [0.15, 0.2) is 54.6 Å². The van der Waals surface area contributed by atoms with Crippen LogP contribution >= 0.6 is 0 Å². The zero-order valence-corrected chi connectivity index (χ0v) is 15.1. The van der Waals surface area contributed by atoms with Crippen molar-refractivity contribution in [1.29, 1.82) is 10.5 Å². The maximum Gasteiger partial charge on any atom is 0.229 e. The number of hydrogen-bond acceptors (Lipinski definition) is 6. The molecule has 28 heavy (non-hydrogen) atoms. The summed E-state index contributed by atoms with van der Waals surface area (Å²) in [5.41, 5.74) is 1.40. The van der Waals surface area contributed by atoms with Crippen molar-refractivity contribution in [1.82, 2.24) is 9.97 Å². The number of nitrogens with one attached hydrogen (secondary N) is 2. The number of anilines is 4. The van der Waals surface area contributed by atoms with Crippen LogP contribution in [0.4, 0.5) is 23.1 Å². The molecule has 0 aliphatic carbocycles. The smallest absolute Gasteiger partial charge is 0.229 e. The Hall–Kier alpha value is -4.16. The highest BCUT2D eigenvalue weighted by Gasteiger charge is 2.07. The minimum Gasteiger partial charge on any atom is -0.340 e. The van der Waals surface area contributed by atoms with E-state index in [0.29, 0.717) is 28.2 Å². The number of nitriles is 2. The highest BCUT2D eigenvalue weighted by atomic mass is 15.1. The first kappa shape index (κ1) is 12.3. The molecule has 0 aliphatic heterocycles. The molecule has 0 radical (unpaired) electrons. The second-order valence-corrected chi connectivity index (χ2v) is 5.63. The van der Waals surface area contributed by atoms with Crippen molar-refractivity contribution in [2.45, 2.75) is 13.8 Å².